The van der Waals surface area contributed by atoms with Crippen molar-refractivity contribution in [2.24, 2.45) is 5.92 Å². The van der Waals surface area contributed by atoms with Crippen LogP contribution in [0.2, 0.25) is 0 Å². The lowest BCUT2D eigenvalue weighted by Gasteiger charge is -2.15. The normalized spacial score (nSPS) is 19.2. The monoisotopic (exact) mass is 150 g/mol. The van der Waals surface area contributed by atoms with E-state index >= 15 is 0 Å². The molecule has 0 aliphatic heterocycles. The molecule has 1 aliphatic carbocycles. The van der Waals surface area contributed by atoms with Crippen molar-refractivity contribution < 1.29 is 5.11 Å². The van der Waals surface area contributed by atoms with Crippen molar-refractivity contribution in [1.82, 2.24) is 0 Å². The van der Waals surface area contributed by atoms with Crippen LogP contribution in [-0.2, 0) is 0 Å². The van der Waals surface area contributed by atoms with Gasteiger partial charge in [0.2, 0.25) is 0 Å². The van der Waals surface area contributed by atoms with E-state index in [4.69, 9.17) is 5.11 Å². The molecule has 0 aromatic heterocycles. The summed E-state index contributed by atoms with van der Waals surface area (Å²) in [7, 11) is 0. The zero-order chi connectivity index (χ0) is 8.27. The number of aliphatic hydroxyl groups is 1. The molecule has 0 unspecified atom stereocenters. The molecular formula is C10H14O. The van der Waals surface area contributed by atoms with E-state index in [0.29, 0.717) is 0 Å². The highest BCUT2D eigenvalue weighted by Crippen LogP contribution is 2.23. The molecule has 0 fully saturated rings. The number of aliphatic hydroxyl groups excluding tert-OH is 1. The molecule has 11 heavy (non-hydrogen) atoms. The van der Waals surface area contributed by atoms with E-state index in [0.717, 1.165) is 12.8 Å². The maximum atomic E-state index is 9.11. The fourth-order valence-corrected chi connectivity index (χ4v) is 1.19. The fourth-order valence-electron chi connectivity index (χ4n) is 1.19. The summed E-state index contributed by atoms with van der Waals surface area (Å²) < 4.78 is 0. The molecule has 1 N–H and O–H groups in total. The molecule has 1 heteroatoms. The van der Waals surface area contributed by atoms with Gasteiger partial charge in [-0.25, -0.2) is 0 Å². The molecule has 0 spiro atoms. The van der Waals surface area contributed by atoms with E-state index in [1.165, 1.54) is 5.57 Å². The zero-order valence-corrected chi connectivity index (χ0v) is 6.88. The van der Waals surface area contributed by atoms with Gasteiger partial charge >= 0.3 is 0 Å². The predicted molar refractivity (Wildman–Crippen MR) is 47.4 cm³/mol. The second-order valence-corrected chi connectivity index (χ2v) is 2.90. The number of hydrogen-bond acceptors (Lipinski definition) is 1. The smallest absolute Gasteiger partial charge is 0.0919 e. The summed E-state index contributed by atoms with van der Waals surface area (Å²) in [6.07, 6.45) is 8.38. The van der Waals surface area contributed by atoms with E-state index in [1.54, 1.807) is 0 Å². The Bertz CT molecular complexity index is 211. The summed E-state index contributed by atoms with van der Waals surface area (Å²) in [5.41, 5.74) is 1.28. The molecule has 1 aliphatic rings. The van der Waals surface area contributed by atoms with Gasteiger partial charge in [0.25, 0.3) is 0 Å². The maximum absolute atomic E-state index is 9.11. The lowest BCUT2D eigenvalue weighted by atomic mass is 9.93. The minimum atomic E-state index is 0.125. The lowest BCUT2D eigenvalue weighted by molar-refractivity contribution is 0.360. The van der Waals surface area contributed by atoms with Crippen molar-refractivity contribution in [2.75, 3.05) is 0 Å². The van der Waals surface area contributed by atoms with Gasteiger partial charge in [-0.15, -0.1) is 0 Å². The number of allylic oxidation sites excluding steroid dienone is 4. The molecule has 0 amide bonds. The van der Waals surface area contributed by atoms with Gasteiger partial charge in [0.05, 0.1) is 5.76 Å². The van der Waals surface area contributed by atoms with Crippen LogP contribution >= 0.6 is 0 Å². The van der Waals surface area contributed by atoms with Crippen molar-refractivity contribution >= 4 is 0 Å². The lowest BCUT2D eigenvalue weighted by Crippen LogP contribution is -2.02. The van der Waals surface area contributed by atoms with Crippen LogP contribution in [-0.4, -0.2) is 5.11 Å². The number of rotatable bonds is 2. The minimum Gasteiger partial charge on any atom is -0.512 e. The topological polar surface area (TPSA) is 20.2 Å². The SMILES string of the molecule is C=C(O)[C@H](C)C1=CCC=CC1. The highest BCUT2D eigenvalue weighted by molar-refractivity contribution is 5.21. The van der Waals surface area contributed by atoms with Crippen molar-refractivity contribution in [2.45, 2.75) is 19.8 Å². The van der Waals surface area contributed by atoms with Crippen molar-refractivity contribution in [3.05, 3.63) is 36.1 Å². The summed E-state index contributed by atoms with van der Waals surface area (Å²) in [6.45, 7) is 5.50. The molecule has 0 bridgehead atoms. The Morgan fingerprint density at radius 1 is 1.64 bits per heavy atom. The molecule has 0 saturated carbocycles. The van der Waals surface area contributed by atoms with Gasteiger partial charge in [-0.05, 0) is 12.8 Å². The highest BCUT2D eigenvalue weighted by atomic mass is 16.3. The molecule has 0 heterocycles. The van der Waals surface area contributed by atoms with Crippen LogP contribution in [0.4, 0.5) is 0 Å². The first kappa shape index (κ1) is 8.12. The van der Waals surface area contributed by atoms with Crippen molar-refractivity contribution in [3.63, 3.8) is 0 Å². The van der Waals surface area contributed by atoms with E-state index in [2.05, 4.69) is 24.8 Å². The van der Waals surface area contributed by atoms with E-state index in [1.807, 2.05) is 6.92 Å². The Balaban J connectivity index is 2.60. The summed E-state index contributed by atoms with van der Waals surface area (Å²) in [4.78, 5) is 0. The molecule has 60 valence electrons. The Hall–Kier alpha value is -0.980. The van der Waals surface area contributed by atoms with Crippen molar-refractivity contribution in [3.8, 4) is 0 Å². The van der Waals surface area contributed by atoms with Gasteiger partial charge in [-0.2, -0.15) is 0 Å². The largest absolute Gasteiger partial charge is 0.512 e. The average Bonchev–Trinajstić information content (AvgIpc) is 2.05. The Morgan fingerprint density at radius 3 is 2.82 bits per heavy atom. The molecule has 1 atom stereocenters. The molecule has 1 rings (SSSR count). The van der Waals surface area contributed by atoms with E-state index in [9.17, 15) is 0 Å². The Labute approximate surface area is 67.7 Å². The van der Waals surface area contributed by atoms with Gasteiger partial charge in [-0.1, -0.05) is 37.3 Å². The van der Waals surface area contributed by atoms with Crippen LogP contribution < -0.4 is 0 Å². The third-order valence-electron chi connectivity index (χ3n) is 2.09. The fraction of sp³-hybridized carbons (Fsp3) is 0.400. The zero-order valence-electron chi connectivity index (χ0n) is 6.88. The summed E-state index contributed by atoms with van der Waals surface area (Å²) in [5.74, 6) is 0.395. The van der Waals surface area contributed by atoms with Gasteiger partial charge < -0.3 is 5.11 Å². The molecule has 0 aromatic carbocycles. The third kappa shape index (κ3) is 1.97. The van der Waals surface area contributed by atoms with Crippen molar-refractivity contribution in [1.29, 1.82) is 0 Å². The van der Waals surface area contributed by atoms with Crippen LogP contribution in [0, 0.1) is 5.92 Å². The van der Waals surface area contributed by atoms with Gasteiger partial charge in [0.15, 0.2) is 0 Å². The third-order valence-corrected chi connectivity index (χ3v) is 2.09. The van der Waals surface area contributed by atoms with E-state index in [-0.39, 0.29) is 11.7 Å². The first-order chi connectivity index (χ1) is 5.22. The molecular weight excluding hydrogens is 136 g/mol. The maximum Gasteiger partial charge on any atom is 0.0919 e. The van der Waals surface area contributed by atoms with Crippen LogP contribution in [0.1, 0.15) is 19.8 Å². The first-order valence-corrected chi connectivity index (χ1v) is 3.93. The van der Waals surface area contributed by atoms with Gasteiger partial charge in [0, 0.05) is 5.92 Å². The molecule has 1 nitrogen and oxygen atoms in total. The quantitative estimate of drug-likeness (QED) is 0.474. The second-order valence-electron chi connectivity index (χ2n) is 2.90. The van der Waals surface area contributed by atoms with Gasteiger partial charge in [-0.3, -0.25) is 0 Å². The standard InChI is InChI=1S/C10H14O/c1-8(9(2)11)10-6-4-3-5-7-10/h3-4,7-8,11H,2,5-6H2,1H3/t8-/m0/s1. The minimum absolute atomic E-state index is 0.125. The average molecular weight is 150 g/mol. The van der Waals surface area contributed by atoms with Gasteiger partial charge in [0.1, 0.15) is 0 Å². The molecule has 0 radical (unpaired) electrons. The Morgan fingerprint density at radius 2 is 2.36 bits per heavy atom. The van der Waals surface area contributed by atoms with Crippen LogP contribution in [0.5, 0.6) is 0 Å². The van der Waals surface area contributed by atoms with Crippen LogP contribution in [0.15, 0.2) is 36.1 Å². The summed E-state index contributed by atoms with van der Waals surface area (Å²) in [6, 6.07) is 0. The van der Waals surface area contributed by atoms with E-state index < -0.39 is 0 Å². The molecule has 0 saturated heterocycles. The van der Waals surface area contributed by atoms with Crippen LogP contribution in [0.25, 0.3) is 0 Å². The molecule has 0 aromatic rings. The predicted octanol–water partition coefficient (Wildman–Crippen LogP) is 2.97. The second kappa shape index (κ2) is 3.42. The highest BCUT2D eigenvalue weighted by Gasteiger charge is 2.10. The number of hydrogen-bond donors (Lipinski definition) is 1. The first-order valence-electron chi connectivity index (χ1n) is 3.93. The summed E-state index contributed by atoms with van der Waals surface area (Å²) in [5, 5.41) is 9.11. The van der Waals surface area contributed by atoms with Crippen LogP contribution in [0.3, 0.4) is 0 Å². The summed E-state index contributed by atoms with van der Waals surface area (Å²) >= 11 is 0. The Kier molecular flexibility index (Phi) is 2.53.